The van der Waals surface area contributed by atoms with E-state index in [1.54, 1.807) is 0 Å². The minimum atomic E-state index is -4.28. The molecule has 0 amide bonds. The first-order valence-electron chi connectivity index (χ1n) is 5.58. The molecular weight excluding hydrogens is 277 g/mol. The molecule has 1 N–H and O–H groups in total. The lowest BCUT2D eigenvalue weighted by molar-refractivity contribution is -0.134. The van der Waals surface area contributed by atoms with E-state index in [2.05, 4.69) is 10.2 Å². The monoisotopic (exact) mass is 286 g/mol. The molecule has 20 heavy (non-hydrogen) atoms. The molecule has 0 aliphatic carbocycles. The smallest absolute Gasteiger partial charge is 0.389 e. The summed E-state index contributed by atoms with van der Waals surface area (Å²) < 4.78 is 41.2. The molecule has 0 unspecified atom stereocenters. The molecule has 0 saturated heterocycles. The van der Waals surface area contributed by atoms with Crippen molar-refractivity contribution in [1.29, 1.82) is 0 Å². The van der Waals surface area contributed by atoms with Crippen LogP contribution in [0.3, 0.4) is 0 Å². The third kappa shape index (κ3) is 3.56. The van der Waals surface area contributed by atoms with E-state index in [0.29, 0.717) is 5.56 Å². The second-order valence-electron chi connectivity index (χ2n) is 4.00. The lowest BCUT2D eigenvalue weighted by Crippen LogP contribution is -2.08. The maximum Gasteiger partial charge on any atom is 0.389 e. The van der Waals surface area contributed by atoms with Gasteiger partial charge in [-0.15, -0.1) is 10.2 Å². The summed E-state index contributed by atoms with van der Waals surface area (Å²) in [6.07, 6.45) is -5.70. The Bertz CT molecular complexity index is 605. The van der Waals surface area contributed by atoms with Crippen LogP contribution in [0.5, 0.6) is 0 Å². The Kier molecular flexibility index (Phi) is 3.73. The number of rotatable bonds is 4. The van der Waals surface area contributed by atoms with Crippen molar-refractivity contribution >= 4 is 5.97 Å². The van der Waals surface area contributed by atoms with Crippen LogP contribution in [0.25, 0.3) is 11.5 Å². The largest absolute Gasteiger partial charge is 0.478 e. The van der Waals surface area contributed by atoms with Crippen LogP contribution in [-0.2, 0) is 6.42 Å². The third-order valence-corrected chi connectivity index (χ3v) is 2.47. The van der Waals surface area contributed by atoms with Crippen LogP contribution in [0.15, 0.2) is 28.7 Å². The maximum atomic E-state index is 12.0. The highest BCUT2D eigenvalue weighted by atomic mass is 19.4. The van der Waals surface area contributed by atoms with Crippen molar-refractivity contribution in [3.63, 3.8) is 0 Å². The molecule has 0 aliphatic heterocycles. The van der Waals surface area contributed by atoms with Crippen molar-refractivity contribution in [3.8, 4) is 11.5 Å². The Morgan fingerprint density at radius 1 is 1.20 bits per heavy atom. The number of nitrogens with zero attached hydrogens (tertiary/aromatic N) is 2. The van der Waals surface area contributed by atoms with Gasteiger partial charge in [-0.25, -0.2) is 4.79 Å². The van der Waals surface area contributed by atoms with Gasteiger partial charge in [-0.1, -0.05) is 0 Å². The van der Waals surface area contributed by atoms with E-state index in [1.165, 1.54) is 24.3 Å². The van der Waals surface area contributed by atoms with Gasteiger partial charge in [0.1, 0.15) is 0 Å². The van der Waals surface area contributed by atoms with Crippen LogP contribution in [0.4, 0.5) is 13.2 Å². The van der Waals surface area contributed by atoms with Crippen molar-refractivity contribution in [3.05, 3.63) is 35.7 Å². The summed E-state index contributed by atoms with van der Waals surface area (Å²) in [5, 5.41) is 15.9. The van der Waals surface area contributed by atoms with Gasteiger partial charge in [0.15, 0.2) is 0 Å². The molecule has 0 radical (unpaired) electrons. The van der Waals surface area contributed by atoms with Gasteiger partial charge in [0.2, 0.25) is 11.8 Å². The molecule has 1 aromatic carbocycles. The first kappa shape index (κ1) is 14.0. The molecular formula is C12H9F3N2O3. The number of halogens is 3. The molecule has 0 bridgehead atoms. The number of hydrogen-bond donors (Lipinski definition) is 1. The van der Waals surface area contributed by atoms with Gasteiger partial charge >= 0.3 is 12.1 Å². The van der Waals surface area contributed by atoms with Crippen LogP contribution >= 0.6 is 0 Å². The highest BCUT2D eigenvalue weighted by molar-refractivity contribution is 5.88. The number of aromatic nitrogens is 2. The third-order valence-electron chi connectivity index (χ3n) is 2.47. The first-order valence-corrected chi connectivity index (χ1v) is 5.58. The highest BCUT2D eigenvalue weighted by Gasteiger charge is 2.27. The van der Waals surface area contributed by atoms with E-state index in [0.717, 1.165) is 0 Å². The van der Waals surface area contributed by atoms with Crippen LogP contribution in [0.1, 0.15) is 22.7 Å². The fourth-order valence-corrected chi connectivity index (χ4v) is 1.48. The SMILES string of the molecule is O=C(O)c1ccc(-c2nnc(CCC(F)(F)F)o2)cc1. The lowest BCUT2D eigenvalue weighted by Gasteiger charge is -2.02. The van der Waals surface area contributed by atoms with Crippen molar-refractivity contribution in [2.75, 3.05) is 0 Å². The van der Waals surface area contributed by atoms with E-state index in [1.807, 2.05) is 0 Å². The van der Waals surface area contributed by atoms with Gasteiger partial charge in [-0.3, -0.25) is 0 Å². The van der Waals surface area contributed by atoms with Gasteiger partial charge in [0.25, 0.3) is 0 Å². The molecule has 0 atom stereocenters. The molecule has 0 saturated carbocycles. The van der Waals surface area contributed by atoms with Gasteiger partial charge in [0, 0.05) is 12.0 Å². The number of benzene rings is 1. The Morgan fingerprint density at radius 3 is 2.40 bits per heavy atom. The van der Waals surface area contributed by atoms with E-state index in [-0.39, 0.29) is 23.8 Å². The molecule has 106 valence electrons. The van der Waals surface area contributed by atoms with E-state index in [4.69, 9.17) is 9.52 Å². The summed E-state index contributed by atoms with van der Waals surface area (Å²) in [6, 6.07) is 5.59. The number of carboxylic acid groups (broad SMARTS) is 1. The fraction of sp³-hybridized carbons (Fsp3) is 0.250. The maximum absolute atomic E-state index is 12.0. The number of carbonyl (C=O) groups is 1. The molecule has 0 fully saturated rings. The molecule has 2 aromatic rings. The minimum absolute atomic E-state index is 0.0547. The Labute approximate surface area is 111 Å². The molecule has 0 aliphatic rings. The van der Waals surface area contributed by atoms with Crippen LogP contribution < -0.4 is 0 Å². The summed E-state index contributed by atoms with van der Waals surface area (Å²) in [6.45, 7) is 0. The Morgan fingerprint density at radius 2 is 1.85 bits per heavy atom. The number of carboxylic acids is 1. The van der Waals surface area contributed by atoms with E-state index in [9.17, 15) is 18.0 Å². The lowest BCUT2D eigenvalue weighted by atomic mass is 10.1. The fourth-order valence-electron chi connectivity index (χ4n) is 1.48. The average molecular weight is 286 g/mol. The predicted octanol–water partition coefficient (Wildman–Crippen LogP) is 2.93. The van der Waals surface area contributed by atoms with Gasteiger partial charge < -0.3 is 9.52 Å². The van der Waals surface area contributed by atoms with Crippen molar-refractivity contribution < 1.29 is 27.5 Å². The van der Waals surface area contributed by atoms with Crippen LogP contribution in [-0.4, -0.2) is 27.4 Å². The molecule has 1 aromatic heterocycles. The highest BCUT2D eigenvalue weighted by Crippen LogP contribution is 2.23. The molecule has 2 rings (SSSR count). The first-order chi connectivity index (χ1) is 9.35. The van der Waals surface area contributed by atoms with Gasteiger partial charge in [-0.05, 0) is 24.3 Å². The predicted molar refractivity (Wildman–Crippen MR) is 61.1 cm³/mol. The number of aryl methyl sites for hydroxylation is 1. The number of alkyl halides is 3. The van der Waals surface area contributed by atoms with E-state index >= 15 is 0 Å². The van der Waals surface area contributed by atoms with Crippen molar-refractivity contribution in [1.82, 2.24) is 10.2 Å². The Balaban J connectivity index is 2.10. The molecule has 5 nitrogen and oxygen atoms in total. The normalized spacial score (nSPS) is 11.6. The zero-order chi connectivity index (χ0) is 14.8. The topological polar surface area (TPSA) is 76.2 Å². The van der Waals surface area contributed by atoms with Crippen LogP contribution in [0.2, 0.25) is 0 Å². The zero-order valence-electron chi connectivity index (χ0n) is 10.0. The summed E-state index contributed by atoms with van der Waals surface area (Å²) in [4.78, 5) is 10.7. The summed E-state index contributed by atoms with van der Waals surface area (Å²) in [7, 11) is 0. The van der Waals surface area contributed by atoms with Crippen molar-refractivity contribution in [2.24, 2.45) is 0 Å². The molecule has 1 heterocycles. The second-order valence-corrected chi connectivity index (χ2v) is 4.00. The Hall–Kier alpha value is -2.38. The standard InChI is InChI=1S/C12H9F3N2O3/c13-12(14,15)6-5-9-16-17-10(20-9)7-1-3-8(4-2-7)11(18)19/h1-4H,5-6H2,(H,18,19). The zero-order valence-corrected chi connectivity index (χ0v) is 10.0. The van der Waals surface area contributed by atoms with Gasteiger partial charge in [0.05, 0.1) is 12.0 Å². The van der Waals surface area contributed by atoms with Crippen LogP contribution in [0, 0.1) is 0 Å². The molecule has 8 heteroatoms. The summed E-state index contributed by atoms with van der Waals surface area (Å²) in [5.41, 5.74) is 0.534. The number of hydrogen-bond acceptors (Lipinski definition) is 4. The van der Waals surface area contributed by atoms with Gasteiger partial charge in [-0.2, -0.15) is 13.2 Å². The quantitative estimate of drug-likeness (QED) is 0.935. The number of aromatic carboxylic acids is 1. The summed E-state index contributed by atoms with van der Waals surface area (Å²) in [5.74, 6) is -1.13. The second kappa shape index (κ2) is 5.32. The minimum Gasteiger partial charge on any atom is -0.478 e. The average Bonchev–Trinajstić information content (AvgIpc) is 2.84. The van der Waals surface area contributed by atoms with Crippen molar-refractivity contribution in [2.45, 2.75) is 19.0 Å². The summed E-state index contributed by atoms with van der Waals surface area (Å²) >= 11 is 0. The van der Waals surface area contributed by atoms with E-state index < -0.39 is 18.6 Å². The molecule has 0 spiro atoms.